The van der Waals surface area contributed by atoms with Gasteiger partial charge in [0.15, 0.2) is 0 Å². The first-order chi connectivity index (χ1) is 13.7. The molecule has 0 saturated heterocycles. The predicted octanol–water partition coefficient (Wildman–Crippen LogP) is 5.85. The van der Waals surface area contributed by atoms with Crippen LogP contribution < -0.4 is 9.62 Å². The third-order valence-electron chi connectivity index (χ3n) is 3.90. The standard InChI is InChI=1S/C12H13N3S.C10H13NS/c1-13-11-7-8-12(15-14-11)16-9-10-5-3-2-4-6-10;1-4-9-7-5-6-8-10(9)11(2)12-3/h2-8H,9H2,1H3,(H,13,14);4-8H,1H2,2-3H3. The van der Waals surface area contributed by atoms with Crippen LogP contribution in [0.5, 0.6) is 0 Å². The smallest absolute Gasteiger partial charge is 0.148 e. The van der Waals surface area contributed by atoms with E-state index in [-0.39, 0.29) is 0 Å². The number of hydrogen-bond acceptors (Lipinski definition) is 6. The van der Waals surface area contributed by atoms with Gasteiger partial charge in [-0.05, 0) is 29.3 Å². The van der Waals surface area contributed by atoms with Gasteiger partial charge in [0.05, 0.1) is 5.69 Å². The van der Waals surface area contributed by atoms with E-state index in [0.717, 1.165) is 16.6 Å². The largest absolute Gasteiger partial charge is 0.372 e. The van der Waals surface area contributed by atoms with Gasteiger partial charge < -0.3 is 9.62 Å². The zero-order valence-electron chi connectivity index (χ0n) is 16.5. The summed E-state index contributed by atoms with van der Waals surface area (Å²) in [6.45, 7) is 3.77. The minimum absolute atomic E-state index is 0.795. The lowest BCUT2D eigenvalue weighted by atomic mass is 10.2. The number of nitrogens with zero attached hydrogens (tertiary/aromatic N) is 3. The molecule has 0 atom stereocenters. The Morgan fingerprint density at radius 1 is 1.00 bits per heavy atom. The van der Waals surface area contributed by atoms with Gasteiger partial charge in [-0.2, -0.15) is 0 Å². The Morgan fingerprint density at radius 3 is 2.32 bits per heavy atom. The lowest BCUT2D eigenvalue weighted by Crippen LogP contribution is -2.06. The van der Waals surface area contributed by atoms with Crippen molar-refractivity contribution in [3.05, 3.63) is 84.4 Å². The van der Waals surface area contributed by atoms with Gasteiger partial charge in [0.1, 0.15) is 10.8 Å². The molecule has 1 aromatic heterocycles. The molecule has 0 aliphatic rings. The van der Waals surface area contributed by atoms with Gasteiger partial charge in [0, 0.05) is 26.1 Å². The first-order valence-corrected chi connectivity index (χ1v) is 11.0. The van der Waals surface area contributed by atoms with Crippen LogP contribution in [0.4, 0.5) is 11.5 Å². The number of rotatable bonds is 7. The number of aromatic nitrogens is 2. The lowest BCUT2D eigenvalue weighted by molar-refractivity contribution is 0.932. The van der Waals surface area contributed by atoms with E-state index >= 15 is 0 Å². The van der Waals surface area contributed by atoms with E-state index in [1.165, 1.54) is 16.8 Å². The molecule has 0 radical (unpaired) electrons. The molecule has 1 heterocycles. The molecule has 0 spiro atoms. The molecule has 0 bridgehead atoms. The molecule has 0 unspecified atom stereocenters. The molecule has 0 saturated carbocycles. The van der Waals surface area contributed by atoms with Gasteiger partial charge in [-0.1, -0.05) is 84.9 Å². The van der Waals surface area contributed by atoms with E-state index in [1.807, 2.05) is 62.6 Å². The average Bonchev–Trinajstić information content (AvgIpc) is 2.78. The predicted molar refractivity (Wildman–Crippen MR) is 126 cm³/mol. The van der Waals surface area contributed by atoms with E-state index in [0.29, 0.717) is 0 Å². The maximum absolute atomic E-state index is 4.12. The Labute approximate surface area is 176 Å². The van der Waals surface area contributed by atoms with Crippen LogP contribution in [0.25, 0.3) is 6.08 Å². The Bertz CT molecular complexity index is 839. The van der Waals surface area contributed by atoms with Crippen molar-refractivity contribution in [2.24, 2.45) is 0 Å². The third-order valence-corrected chi connectivity index (χ3v) is 5.63. The molecule has 3 rings (SSSR count). The number of para-hydroxylation sites is 1. The minimum Gasteiger partial charge on any atom is -0.372 e. The van der Waals surface area contributed by atoms with Crippen molar-refractivity contribution in [3.63, 3.8) is 0 Å². The van der Waals surface area contributed by atoms with E-state index in [9.17, 15) is 0 Å². The monoisotopic (exact) mass is 410 g/mol. The van der Waals surface area contributed by atoms with Crippen LogP contribution in [0.1, 0.15) is 11.1 Å². The third kappa shape index (κ3) is 6.94. The fourth-order valence-corrected chi connectivity index (χ4v) is 3.44. The first-order valence-electron chi connectivity index (χ1n) is 8.85. The Morgan fingerprint density at radius 2 is 1.71 bits per heavy atom. The number of hydrogen-bond donors (Lipinski definition) is 1. The minimum atomic E-state index is 0.795. The Hall–Kier alpha value is -2.44. The van der Waals surface area contributed by atoms with Crippen LogP contribution in [0.15, 0.2) is 78.3 Å². The number of benzene rings is 2. The van der Waals surface area contributed by atoms with Crippen molar-refractivity contribution < 1.29 is 0 Å². The van der Waals surface area contributed by atoms with Gasteiger partial charge in [-0.3, -0.25) is 0 Å². The summed E-state index contributed by atoms with van der Waals surface area (Å²) >= 11 is 3.38. The maximum atomic E-state index is 4.12. The molecular formula is C22H26N4S2. The van der Waals surface area contributed by atoms with Crippen molar-refractivity contribution >= 4 is 41.3 Å². The van der Waals surface area contributed by atoms with Gasteiger partial charge in [-0.15, -0.1) is 10.2 Å². The highest BCUT2D eigenvalue weighted by Gasteiger charge is 2.01. The molecule has 6 heteroatoms. The first kappa shape index (κ1) is 21.9. The van der Waals surface area contributed by atoms with Crippen LogP contribution in [0.3, 0.4) is 0 Å². The molecular weight excluding hydrogens is 384 g/mol. The van der Waals surface area contributed by atoms with Crippen molar-refractivity contribution in [2.45, 2.75) is 10.8 Å². The fraction of sp³-hybridized carbons (Fsp3) is 0.182. The molecule has 3 aromatic rings. The topological polar surface area (TPSA) is 41.0 Å². The summed E-state index contributed by atoms with van der Waals surface area (Å²) in [5, 5.41) is 12.0. The van der Waals surface area contributed by atoms with Crippen LogP contribution >= 0.6 is 23.7 Å². The molecule has 0 amide bonds. The normalized spacial score (nSPS) is 9.82. The maximum Gasteiger partial charge on any atom is 0.148 e. The second kappa shape index (κ2) is 12.1. The van der Waals surface area contributed by atoms with Crippen LogP contribution in [0, 0.1) is 0 Å². The summed E-state index contributed by atoms with van der Waals surface area (Å²) in [7, 11) is 3.88. The van der Waals surface area contributed by atoms with Crippen molar-refractivity contribution in [1.29, 1.82) is 0 Å². The van der Waals surface area contributed by atoms with E-state index < -0.39 is 0 Å². The van der Waals surface area contributed by atoms with Crippen LogP contribution in [-0.4, -0.2) is 30.5 Å². The fourth-order valence-electron chi connectivity index (χ4n) is 2.31. The van der Waals surface area contributed by atoms with E-state index in [1.54, 1.807) is 23.7 Å². The summed E-state index contributed by atoms with van der Waals surface area (Å²) in [6.07, 6.45) is 3.93. The van der Waals surface area contributed by atoms with E-state index in [4.69, 9.17) is 0 Å². The van der Waals surface area contributed by atoms with Gasteiger partial charge >= 0.3 is 0 Å². The second-order valence-corrected chi connectivity index (χ2v) is 7.63. The molecule has 0 fully saturated rings. The summed E-state index contributed by atoms with van der Waals surface area (Å²) in [5.41, 5.74) is 3.68. The molecule has 1 N–H and O–H groups in total. The zero-order valence-corrected chi connectivity index (χ0v) is 18.1. The van der Waals surface area contributed by atoms with Crippen molar-refractivity contribution in [3.8, 4) is 0 Å². The summed E-state index contributed by atoms with van der Waals surface area (Å²) in [4.78, 5) is 0. The highest BCUT2D eigenvalue weighted by Crippen LogP contribution is 2.24. The number of nitrogens with one attached hydrogen (secondary N) is 1. The van der Waals surface area contributed by atoms with E-state index in [2.05, 4.69) is 56.9 Å². The zero-order chi connectivity index (χ0) is 20.2. The molecule has 4 nitrogen and oxygen atoms in total. The van der Waals surface area contributed by atoms with Gasteiger partial charge in [-0.25, -0.2) is 0 Å². The molecule has 28 heavy (non-hydrogen) atoms. The molecule has 146 valence electrons. The van der Waals surface area contributed by atoms with Crippen LogP contribution in [-0.2, 0) is 5.75 Å². The Balaban J connectivity index is 0.000000209. The average molecular weight is 411 g/mol. The van der Waals surface area contributed by atoms with Gasteiger partial charge in [0.2, 0.25) is 0 Å². The quantitative estimate of drug-likeness (QED) is 0.389. The summed E-state index contributed by atoms with van der Waals surface area (Å²) in [5.74, 6) is 1.72. The second-order valence-electron chi connectivity index (χ2n) is 5.72. The summed E-state index contributed by atoms with van der Waals surface area (Å²) in [6, 6.07) is 22.5. The van der Waals surface area contributed by atoms with Crippen LogP contribution in [0.2, 0.25) is 0 Å². The van der Waals surface area contributed by atoms with Gasteiger partial charge in [0.25, 0.3) is 0 Å². The number of thioether (sulfide) groups is 1. The SMILES string of the molecule is C=Cc1ccccc1N(C)SC.CNc1ccc(SCc2ccccc2)nn1. The molecule has 0 aliphatic heterocycles. The highest BCUT2D eigenvalue weighted by molar-refractivity contribution is 7.99. The molecule has 2 aromatic carbocycles. The lowest BCUT2D eigenvalue weighted by Gasteiger charge is -2.17. The summed E-state index contributed by atoms with van der Waals surface area (Å²) < 4.78 is 2.12. The Kier molecular flexibility index (Phi) is 9.45. The van der Waals surface area contributed by atoms with Crippen molar-refractivity contribution in [1.82, 2.24) is 10.2 Å². The highest BCUT2D eigenvalue weighted by atomic mass is 32.2. The molecule has 0 aliphatic carbocycles. The number of anilines is 2. The van der Waals surface area contributed by atoms with Crippen molar-refractivity contribution in [2.75, 3.05) is 30.0 Å².